The number of nitrogens with zero attached hydrogens (tertiary/aromatic N) is 2. The molecule has 112 valence electrons. The second-order valence-corrected chi connectivity index (χ2v) is 5.90. The summed E-state index contributed by atoms with van der Waals surface area (Å²) in [6.07, 6.45) is 0.557. The van der Waals surface area contributed by atoms with Gasteiger partial charge in [-0.05, 0) is 19.1 Å². The number of amides is 1. The summed E-state index contributed by atoms with van der Waals surface area (Å²) >= 11 is 0. The van der Waals surface area contributed by atoms with Gasteiger partial charge in [0.25, 0.3) is 5.56 Å². The Morgan fingerprint density at radius 1 is 1.19 bits per heavy atom. The Morgan fingerprint density at radius 2 is 1.81 bits per heavy atom. The molecule has 1 aromatic heterocycles. The molecule has 2 aromatic rings. The SMILES string of the molecule is CCn1c(=O)c(NC=O)c(C(C)(C)C)n1-c1ccccc1. The van der Waals surface area contributed by atoms with Crippen LogP contribution in [0.2, 0.25) is 0 Å². The molecule has 5 heteroatoms. The number of hydrogen-bond acceptors (Lipinski definition) is 2. The molecular weight excluding hydrogens is 266 g/mol. The van der Waals surface area contributed by atoms with E-state index in [-0.39, 0.29) is 11.0 Å². The van der Waals surface area contributed by atoms with Crippen LogP contribution < -0.4 is 10.9 Å². The van der Waals surface area contributed by atoms with Gasteiger partial charge in [0.2, 0.25) is 6.41 Å². The molecular formula is C16H21N3O2. The summed E-state index contributed by atoms with van der Waals surface area (Å²) in [4.78, 5) is 23.5. The molecule has 0 aliphatic rings. The Hall–Kier alpha value is -2.30. The van der Waals surface area contributed by atoms with Crippen molar-refractivity contribution in [2.45, 2.75) is 39.7 Å². The molecule has 1 N–H and O–H groups in total. The van der Waals surface area contributed by atoms with E-state index < -0.39 is 0 Å². The molecule has 0 saturated heterocycles. The predicted octanol–water partition coefficient (Wildman–Crippen LogP) is 2.52. The Morgan fingerprint density at radius 3 is 2.29 bits per heavy atom. The minimum absolute atomic E-state index is 0.182. The van der Waals surface area contributed by atoms with Gasteiger partial charge in [-0.1, -0.05) is 39.0 Å². The maximum Gasteiger partial charge on any atom is 0.291 e. The maximum atomic E-state index is 12.6. The van der Waals surface area contributed by atoms with Gasteiger partial charge in [0.05, 0.1) is 11.4 Å². The van der Waals surface area contributed by atoms with Crippen molar-refractivity contribution >= 4 is 12.1 Å². The lowest BCUT2D eigenvalue weighted by Crippen LogP contribution is -2.24. The first-order chi connectivity index (χ1) is 9.91. The van der Waals surface area contributed by atoms with Crippen LogP contribution in [-0.2, 0) is 16.8 Å². The molecule has 1 aromatic carbocycles. The van der Waals surface area contributed by atoms with Crippen LogP contribution in [0.5, 0.6) is 0 Å². The van der Waals surface area contributed by atoms with Crippen LogP contribution >= 0.6 is 0 Å². The Kier molecular flexibility index (Phi) is 4.02. The van der Waals surface area contributed by atoms with Crippen LogP contribution in [-0.4, -0.2) is 15.8 Å². The highest BCUT2D eigenvalue weighted by Gasteiger charge is 2.29. The fourth-order valence-electron chi connectivity index (χ4n) is 2.55. The van der Waals surface area contributed by atoms with Gasteiger partial charge in [-0.3, -0.25) is 14.3 Å². The number of para-hydroxylation sites is 1. The summed E-state index contributed by atoms with van der Waals surface area (Å²) in [6.45, 7) is 8.51. The van der Waals surface area contributed by atoms with E-state index in [1.54, 1.807) is 4.68 Å². The largest absolute Gasteiger partial charge is 0.323 e. The predicted molar refractivity (Wildman–Crippen MR) is 84.1 cm³/mol. The minimum Gasteiger partial charge on any atom is -0.323 e. The lowest BCUT2D eigenvalue weighted by molar-refractivity contribution is -0.105. The van der Waals surface area contributed by atoms with E-state index in [0.29, 0.717) is 18.6 Å². The molecule has 0 saturated carbocycles. The van der Waals surface area contributed by atoms with Gasteiger partial charge in [-0.2, -0.15) is 0 Å². The van der Waals surface area contributed by atoms with Crippen molar-refractivity contribution in [3.63, 3.8) is 0 Å². The van der Waals surface area contributed by atoms with Crippen molar-refractivity contribution in [1.82, 2.24) is 9.36 Å². The van der Waals surface area contributed by atoms with Crippen molar-refractivity contribution in [2.75, 3.05) is 5.32 Å². The standard InChI is InChI=1S/C16H21N3O2/c1-5-18-15(21)13(17-11-20)14(16(2,3)4)19(18)12-9-7-6-8-10-12/h6-11H,5H2,1-4H3,(H,17,20). The zero-order valence-electron chi connectivity index (χ0n) is 12.9. The summed E-state index contributed by atoms with van der Waals surface area (Å²) in [7, 11) is 0. The summed E-state index contributed by atoms with van der Waals surface area (Å²) in [5.41, 5.74) is 1.58. The average Bonchev–Trinajstić information content (AvgIpc) is 2.73. The molecule has 0 bridgehead atoms. The van der Waals surface area contributed by atoms with Gasteiger partial charge in [0, 0.05) is 12.0 Å². The minimum atomic E-state index is -0.291. The summed E-state index contributed by atoms with van der Waals surface area (Å²) in [6, 6.07) is 9.69. The summed E-state index contributed by atoms with van der Waals surface area (Å²) in [5.74, 6) is 0. The first-order valence-electron chi connectivity index (χ1n) is 7.03. The number of carbonyl (C=O) groups excluding carboxylic acids is 1. The highest BCUT2D eigenvalue weighted by Crippen LogP contribution is 2.30. The van der Waals surface area contributed by atoms with E-state index in [0.717, 1.165) is 11.4 Å². The normalized spacial score (nSPS) is 11.4. The van der Waals surface area contributed by atoms with Gasteiger partial charge >= 0.3 is 0 Å². The van der Waals surface area contributed by atoms with E-state index in [4.69, 9.17) is 0 Å². The lowest BCUT2D eigenvalue weighted by atomic mass is 9.91. The second-order valence-electron chi connectivity index (χ2n) is 5.90. The highest BCUT2D eigenvalue weighted by atomic mass is 16.1. The van der Waals surface area contributed by atoms with Crippen LogP contribution in [0.3, 0.4) is 0 Å². The monoisotopic (exact) mass is 287 g/mol. The topological polar surface area (TPSA) is 56.0 Å². The van der Waals surface area contributed by atoms with Gasteiger partial charge in [-0.25, -0.2) is 4.68 Å². The zero-order chi connectivity index (χ0) is 15.6. The van der Waals surface area contributed by atoms with Crippen molar-refractivity contribution in [3.05, 3.63) is 46.4 Å². The van der Waals surface area contributed by atoms with E-state index in [9.17, 15) is 9.59 Å². The first kappa shape index (κ1) is 15.1. The number of carbonyl (C=O) groups is 1. The Balaban J connectivity index is 2.88. The Labute approximate surface area is 124 Å². The maximum absolute atomic E-state index is 12.6. The number of hydrogen-bond donors (Lipinski definition) is 1. The molecule has 1 amide bonds. The molecule has 0 aliphatic heterocycles. The van der Waals surface area contributed by atoms with Crippen molar-refractivity contribution < 1.29 is 4.79 Å². The average molecular weight is 287 g/mol. The number of nitrogens with one attached hydrogen (secondary N) is 1. The van der Waals surface area contributed by atoms with Gasteiger partial charge < -0.3 is 5.32 Å². The molecule has 0 radical (unpaired) electrons. The first-order valence-corrected chi connectivity index (χ1v) is 7.03. The molecule has 0 spiro atoms. The number of anilines is 1. The molecule has 0 fully saturated rings. The quantitative estimate of drug-likeness (QED) is 0.879. The molecule has 2 rings (SSSR count). The van der Waals surface area contributed by atoms with Crippen LogP contribution in [0, 0.1) is 0 Å². The fourth-order valence-corrected chi connectivity index (χ4v) is 2.55. The molecule has 21 heavy (non-hydrogen) atoms. The van der Waals surface area contributed by atoms with Crippen LogP contribution in [0.15, 0.2) is 35.1 Å². The van der Waals surface area contributed by atoms with Crippen LogP contribution in [0.1, 0.15) is 33.4 Å². The van der Waals surface area contributed by atoms with Crippen LogP contribution in [0.25, 0.3) is 5.69 Å². The third kappa shape index (κ3) is 2.63. The summed E-state index contributed by atoms with van der Waals surface area (Å²) in [5, 5.41) is 2.58. The van der Waals surface area contributed by atoms with Crippen molar-refractivity contribution in [2.24, 2.45) is 0 Å². The number of rotatable bonds is 4. The lowest BCUT2D eigenvalue weighted by Gasteiger charge is -2.23. The van der Waals surface area contributed by atoms with E-state index in [2.05, 4.69) is 5.32 Å². The Bertz CT molecular complexity index is 691. The molecule has 1 heterocycles. The second kappa shape index (κ2) is 5.60. The highest BCUT2D eigenvalue weighted by molar-refractivity contribution is 5.73. The van der Waals surface area contributed by atoms with E-state index >= 15 is 0 Å². The van der Waals surface area contributed by atoms with Crippen molar-refractivity contribution in [3.8, 4) is 5.69 Å². The smallest absolute Gasteiger partial charge is 0.291 e. The molecule has 0 unspecified atom stereocenters. The molecule has 0 aliphatic carbocycles. The molecule has 0 atom stereocenters. The van der Waals surface area contributed by atoms with Gasteiger partial charge in [0.15, 0.2) is 0 Å². The number of benzene rings is 1. The zero-order valence-corrected chi connectivity index (χ0v) is 12.9. The summed E-state index contributed by atoms with van der Waals surface area (Å²) < 4.78 is 3.54. The van der Waals surface area contributed by atoms with Gasteiger partial charge in [-0.15, -0.1) is 0 Å². The van der Waals surface area contributed by atoms with E-state index in [1.807, 2.05) is 62.7 Å². The third-order valence-electron chi connectivity index (χ3n) is 3.35. The molecule has 5 nitrogen and oxygen atoms in total. The fraction of sp³-hybridized carbons (Fsp3) is 0.375. The van der Waals surface area contributed by atoms with Gasteiger partial charge in [0.1, 0.15) is 5.69 Å². The number of aromatic nitrogens is 2. The van der Waals surface area contributed by atoms with Crippen LogP contribution in [0.4, 0.5) is 5.69 Å². The van der Waals surface area contributed by atoms with Crippen molar-refractivity contribution in [1.29, 1.82) is 0 Å². The van der Waals surface area contributed by atoms with E-state index in [1.165, 1.54) is 0 Å². The third-order valence-corrected chi connectivity index (χ3v) is 3.35.